The summed E-state index contributed by atoms with van der Waals surface area (Å²) in [5.41, 5.74) is 0.513. The van der Waals surface area contributed by atoms with Crippen molar-refractivity contribution in [1.29, 1.82) is 0 Å². The number of benzene rings is 1. The van der Waals surface area contributed by atoms with Crippen molar-refractivity contribution < 1.29 is 19.1 Å². The molecule has 0 fully saturated rings. The van der Waals surface area contributed by atoms with Crippen molar-refractivity contribution in [3.63, 3.8) is 0 Å². The van der Waals surface area contributed by atoms with Crippen molar-refractivity contribution in [1.82, 2.24) is 0 Å². The van der Waals surface area contributed by atoms with E-state index in [-0.39, 0.29) is 23.8 Å². The fourth-order valence-electron chi connectivity index (χ4n) is 3.75. The molecule has 0 bridgehead atoms. The van der Waals surface area contributed by atoms with Gasteiger partial charge >= 0.3 is 11.9 Å². The first-order chi connectivity index (χ1) is 12.4. The molecule has 0 saturated carbocycles. The van der Waals surface area contributed by atoms with Crippen LogP contribution in [0.15, 0.2) is 30.3 Å². The minimum absolute atomic E-state index is 0.260. The minimum atomic E-state index is -0.727. The predicted octanol–water partition coefficient (Wildman–Crippen LogP) is 5.12. The van der Waals surface area contributed by atoms with Gasteiger partial charge in [-0.2, -0.15) is 0 Å². The second-order valence-electron chi connectivity index (χ2n) is 7.49. The Labute approximate surface area is 158 Å². The smallest absolute Gasteiger partial charge is 0.311 e. The van der Waals surface area contributed by atoms with Gasteiger partial charge in [0.2, 0.25) is 0 Å². The molecule has 1 rings (SSSR count). The molecule has 0 spiro atoms. The van der Waals surface area contributed by atoms with Crippen molar-refractivity contribution in [2.75, 3.05) is 14.2 Å². The zero-order valence-corrected chi connectivity index (χ0v) is 16.9. The summed E-state index contributed by atoms with van der Waals surface area (Å²) in [4.78, 5) is 24.5. The van der Waals surface area contributed by atoms with Crippen LogP contribution in [0.1, 0.15) is 70.8 Å². The van der Waals surface area contributed by atoms with Gasteiger partial charge in [0.1, 0.15) is 0 Å². The summed E-state index contributed by atoms with van der Waals surface area (Å²) in [5.74, 6) is -0.639. The molecule has 0 heterocycles. The van der Waals surface area contributed by atoms with E-state index in [0.717, 1.165) is 19.3 Å². The van der Waals surface area contributed by atoms with Gasteiger partial charge in [0.25, 0.3) is 0 Å². The van der Waals surface area contributed by atoms with Gasteiger partial charge in [-0.25, -0.2) is 0 Å². The van der Waals surface area contributed by atoms with Crippen LogP contribution < -0.4 is 0 Å². The lowest BCUT2D eigenvalue weighted by Gasteiger charge is -2.33. The average molecular weight is 363 g/mol. The van der Waals surface area contributed by atoms with Gasteiger partial charge in [-0.3, -0.25) is 9.59 Å². The Bertz CT molecular complexity index is 555. The van der Waals surface area contributed by atoms with Gasteiger partial charge in [-0.15, -0.1) is 0 Å². The Morgan fingerprint density at radius 3 is 2.23 bits per heavy atom. The maximum atomic E-state index is 12.6. The summed E-state index contributed by atoms with van der Waals surface area (Å²) >= 11 is 0. The van der Waals surface area contributed by atoms with Crippen LogP contribution in [0.4, 0.5) is 0 Å². The molecule has 0 N–H and O–H groups in total. The normalized spacial score (nSPS) is 15.6. The molecular formula is C22H34O4. The highest BCUT2D eigenvalue weighted by Crippen LogP contribution is 2.40. The zero-order valence-electron chi connectivity index (χ0n) is 16.9. The van der Waals surface area contributed by atoms with Crippen LogP contribution >= 0.6 is 0 Å². The topological polar surface area (TPSA) is 52.6 Å². The highest BCUT2D eigenvalue weighted by Gasteiger charge is 2.40. The molecule has 146 valence electrons. The third kappa shape index (κ3) is 6.47. The molecule has 26 heavy (non-hydrogen) atoms. The third-order valence-electron chi connectivity index (χ3n) is 5.16. The van der Waals surface area contributed by atoms with Crippen LogP contribution in [0.25, 0.3) is 0 Å². The van der Waals surface area contributed by atoms with Gasteiger partial charge in [0.05, 0.1) is 25.6 Å². The highest BCUT2D eigenvalue weighted by molar-refractivity contribution is 5.78. The SMILES string of the molecule is CCCCCC(CC(C)(CC(C)C(=O)OC)C(=O)OC)c1ccccc1. The predicted molar refractivity (Wildman–Crippen MR) is 104 cm³/mol. The summed E-state index contributed by atoms with van der Waals surface area (Å²) in [6, 6.07) is 10.3. The van der Waals surface area contributed by atoms with Crippen molar-refractivity contribution >= 4 is 11.9 Å². The number of esters is 2. The fourth-order valence-corrected chi connectivity index (χ4v) is 3.75. The van der Waals surface area contributed by atoms with Crippen LogP contribution in [0.2, 0.25) is 0 Å². The van der Waals surface area contributed by atoms with E-state index in [1.807, 2.05) is 32.0 Å². The minimum Gasteiger partial charge on any atom is -0.469 e. The number of carbonyl (C=O) groups excluding carboxylic acids is 2. The standard InChI is InChI=1S/C22H34O4/c1-6-7-9-14-19(18-12-10-8-11-13-18)16-22(3,21(24)26-5)15-17(2)20(23)25-4/h8,10-13,17,19H,6-7,9,14-16H2,1-5H3. The van der Waals surface area contributed by atoms with E-state index in [1.165, 1.54) is 26.2 Å². The van der Waals surface area contributed by atoms with Crippen LogP contribution in [0.3, 0.4) is 0 Å². The van der Waals surface area contributed by atoms with Gasteiger partial charge in [-0.1, -0.05) is 63.4 Å². The number of hydrogen-bond acceptors (Lipinski definition) is 4. The third-order valence-corrected chi connectivity index (χ3v) is 5.16. The summed E-state index contributed by atoms with van der Waals surface area (Å²) in [7, 11) is 2.80. The van der Waals surface area contributed by atoms with Crippen LogP contribution in [0, 0.1) is 11.3 Å². The van der Waals surface area contributed by atoms with E-state index < -0.39 is 5.41 Å². The van der Waals surface area contributed by atoms with Crippen LogP contribution in [-0.4, -0.2) is 26.2 Å². The van der Waals surface area contributed by atoms with Crippen molar-refractivity contribution in [2.45, 2.75) is 65.2 Å². The summed E-state index contributed by atoms with van der Waals surface area (Å²) in [5, 5.41) is 0. The van der Waals surface area contributed by atoms with Gasteiger partial charge < -0.3 is 9.47 Å². The van der Waals surface area contributed by atoms with Gasteiger partial charge in [0.15, 0.2) is 0 Å². The molecule has 4 heteroatoms. The lowest BCUT2D eigenvalue weighted by molar-refractivity contribution is -0.156. The quantitative estimate of drug-likeness (QED) is 0.405. The number of hydrogen-bond donors (Lipinski definition) is 0. The molecule has 0 amide bonds. The molecule has 1 aromatic rings. The average Bonchev–Trinajstić information content (AvgIpc) is 2.66. The molecule has 3 unspecified atom stereocenters. The summed E-state index contributed by atoms with van der Waals surface area (Å²) in [6.07, 6.45) is 5.57. The molecule has 1 aromatic carbocycles. The number of unbranched alkanes of at least 4 members (excludes halogenated alkanes) is 2. The van der Waals surface area contributed by atoms with E-state index in [2.05, 4.69) is 19.1 Å². The highest BCUT2D eigenvalue weighted by atomic mass is 16.5. The number of rotatable bonds is 11. The fraction of sp³-hybridized carbons (Fsp3) is 0.636. The lowest BCUT2D eigenvalue weighted by Crippen LogP contribution is -2.35. The molecule has 0 saturated heterocycles. The van der Waals surface area contributed by atoms with Crippen molar-refractivity contribution in [2.24, 2.45) is 11.3 Å². The van der Waals surface area contributed by atoms with Gasteiger partial charge in [-0.05, 0) is 37.7 Å². The Morgan fingerprint density at radius 2 is 1.69 bits per heavy atom. The van der Waals surface area contributed by atoms with Crippen molar-refractivity contribution in [3.05, 3.63) is 35.9 Å². The first kappa shape index (κ1) is 22.2. The first-order valence-electron chi connectivity index (χ1n) is 9.59. The second-order valence-corrected chi connectivity index (χ2v) is 7.49. The lowest BCUT2D eigenvalue weighted by atomic mass is 9.72. The van der Waals surface area contributed by atoms with E-state index in [4.69, 9.17) is 9.47 Å². The van der Waals surface area contributed by atoms with Crippen LogP contribution in [0.5, 0.6) is 0 Å². The molecule has 0 aliphatic carbocycles. The maximum absolute atomic E-state index is 12.6. The molecule has 0 aromatic heterocycles. The number of ether oxygens (including phenoxy) is 2. The number of methoxy groups -OCH3 is 2. The second kappa shape index (κ2) is 11.0. The monoisotopic (exact) mass is 362 g/mol. The van der Waals surface area contributed by atoms with E-state index in [9.17, 15) is 9.59 Å². The molecule has 0 aliphatic rings. The first-order valence-corrected chi connectivity index (χ1v) is 9.59. The Kier molecular flexibility index (Phi) is 9.39. The van der Waals surface area contributed by atoms with E-state index in [1.54, 1.807) is 0 Å². The molecule has 3 atom stereocenters. The van der Waals surface area contributed by atoms with Crippen molar-refractivity contribution in [3.8, 4) is 0 Å². The van der Waals surface area contributed by atoms with E-state index >= 15 is 0 Å². The Morgan fingerprint density at radius 1 is 1.04 bits per heavy atom. The maximum Gasteiger partial charge on any atom is 0.311 e. The molecule has 4 nitrogen and oxygen atoms in total. The Balaban J connectivity index is 3.05. The van der Waals surface area contributed by atoms with Gasteiger partial charge in [0, 0.05) is 0 Å². The molecular weight excluding hydrogens is 328 g/mol. The number of carbonyl (C=O) groups is 2. The Hall–Kier alpha value is -1.84. The largest absolute Gasteiger partial charge is 0.469 e. The van der Waals surface area contributed by atoms with Crippen LogP contribution in [-0.2, 0) is 19.1 Å². The van der Waals surface area contributed by atoms with E-state index in [0.29, 0.717) is 12.8 Å². The zero-order chi connectivity index (χ0) is 19.6. The summed E-state index contributed by atoms with van der Waals surface area (Å²) < 4.78 is 9.95. The molecule has 0 radical (unpaired) electrons. The molecule has 0 aliphatic heterocycles. The summed E-state index contributed by atoms with van der Waals surface area (Å²) in [6.45, 7) is 5.91.